The number of hydrogen-bond donors (Lipinski definition) is 1. The molecular formula is C12H17NO. The molecule has 2 heteroatoms. The van der Waals surface area contributed by atoms with Crippen LogP contribution in [0.15, 0.2) is 12.1 Å². The van der Waals surface area contributed by atoms with E-state index in [9.17, 15) is 4.79 Å². The SMILES string of the molecule is CC(=O)C(N)c1cc(C)c(C)cc1C. The molecule has 76 valence electrons. The van der Waals surface area contributed by atoms with Crippen molar-refractivity contribution in [2.75, 3.05) is 0 Å². The summed E-state index contributed by atoms with van der Waals surface area (Å²) in [7, 11) is 0. The van der Waals surface area contributed by atoms with Crippen LogP contribution in [0.25, 0.3) is 0 Å². The summed E-state index contributed by atoms with van der Waals surface area (Å²) < 4.78 is 0. The van der Waals surface area contributed by atoms with Gasteiger partial charge in [0.1, 0.15) is 0 Å². The quantitative estimate of drug-likeness (QED) is 0.778. The molecule has 0 amide bonds. The van der Waals surface area contributed by atoms with Gasteiger partial charge in [0.05, 0.1) is 6.04 Å². The third-order valence-corrected chi connectivity index (χ3v) is 2.66. The number of nitrogens with two attached hydrogens (primary N) is 1. The van der Waals surface area contributed by atoms with Crippen LogP contribution in [-0.2, 0) is 4.79 Å². The van der Waals surface area contributed by atoms with Crippen molar-refractivity contribution in [2.24, 2.45) is 5.73 Å². The smallest absolute Gasteiger partial charge is 0.150 e. The number of Topliss-reactive ketones (excluding diaryl/α,β-unsaturated/α-hetero) is 1. The van der Waals surface area contributed by atoms with Crippen molar-refractivity contribution in [3.63, 3.8) is 0 Å². The highest BCUT2D eigenvalue weighted by Crippen LogP contribution is 2.20. The van der Waals surface area contributed by atoms with Crippen LogP contribution >= 0.6 is 0 Å². The maximum atomic E-state index is 11.2. The molecule has 1 aromatic carbocycles. The van der Waals surface area contributed by atoms with E-state index in [0.717, 1.165) is 11.1 Å². The number of carbonyl (C=O) groups excluding carboxylic acids is 1. The predicted molar refractivity (Wildman–Crippen MR) is 58.3 cm³/mol. The van der Waals surface area contributed by atoms with Gasteiger partial charge in [-0.05, 0) is 49.9 Å². The van der Waals surface area contributed by atoms with Gasteiger partial charge >= 0.3 is 0 Å². The van der Waals surface area contributed by atoms with Crippen LogP contribution in [-0.4, -0.2) is 5.78 Å². The highest BCUT2D eigenvalue weighted by Gasteiger charge is 2.14. The van der Waals surface area contributed by atoms with Crippen LogP contribution in [0.4, 0.5) is 0 Å². The summed E-state index contributed by atoms with van der Waals surface area (Å²) in [6.07, 6.45) is 0. The van der Waals surface area contributed by atoms with Gasteiger partial charge in [-0.25, -0.2) is 0 Å². The molecule has 0 aliphatic carbocycles. The molecule has 0 heterocycles. The molecule has 14 heavy (non-hydrogen) atoms. The van der Waals surface area contributed by atoms with Gasteiger partial charge in [-0.2, -0.15) is 0 Å². The monoisotopic (exact) mass is 191 g/mol. The van der Waals surface area contributed by atoms with E-state index in [1.54, 1.807) is 0 Å². The number of aryl methyl sites for hydroxylation is 3. The number of carbonyl (C=O) groups is 1. The lowest BCUT2D eigenvalue weighted by Gasteiger charge is -2.14. The van der Waals surface area contributed by atoms with Gasteiger partial charge in [-0.3, -0.25) is 4.79 Å². The fourth-order valence-electron chi connectivity index (χ4n) is 1.54. The minimum atomic E-state index is -0.478. The minimum Gasteiger partial charge on any atom is -0.318 e. The maximum Gasteiger partial charge on any atom is 0.150 e. The van der Waals surface area contributed by atoms with Gasteiger partial charge in [0, 0.05) is 0 Å². The molecule has 0 aliphatic heterocycles. The standard InChI is InChI=1S/C12H17NO/c1-7-5-9(3)11(6-8(7)2)12(13)10(4)14/h5-6,12H,13H2,1-4H3. The van der Waals surface area contributed by atoms with Crippen molar-refractivity contribution in [3.8, 4) is 0 Å². The van der Waals surface area contributed by atoms with E-state index < -0.39 is 6.04 Å². The molecule has 1 atom stereocenters. The van der Waals surface area contributed by atoms with Crippen LogP contribution < -0.4 is 5.73 Å². The molecule has 0 bridgehead atoms. The summed E-state index contributed by atoms with van der Waals surface area (Å²) in [5.74, 6) is 0.0105. The summed E-state index contributed by atoms with van der Waals surface area (Å²) in [5, 5.41) is 0. The molecule has 0 aliphatic rings. The molecule has 1 rings (SSSR count). The van der Waals surface area contributed by atoms with Crippen molar-refractivity contribution in [1.29, 1.82) is 0 Å². The molecule has 2 N–H and O–H groups in total. The largest absolute Gasteiger partial charge is 0.318 e. The predicted octanol–water partition coefficient (Wildman–Crippen LogP) is 2.20. The zero-order valence-corrected chi connectivity index (χ0v) is 9.22. The zero-order chi connectivity index (χ0) is 10.9. The molecule has 1 unspecified atom stereocenters. The summed E-state index contributed by atoms with van der Waals surface area (Å²) >= 11 is 0. The van der Waals surface area contributed by atoms with E-state index in [-0.39, 0.29) is 5.78 Å². The van der Waals surface area contributed by atoms with Gasteiger partial charge in [-0.1, -0.05) is 12.1 Å². The Kier molecular flexibility index (Phi) is 3.06. The Bertz CT molecular complexity index is 369. The Morgan fingerprint density at radius 3 is 2.14 bits per heavy atom. The van der Waals surface area contributed by atoms with Gasteiger partial charge in [0.2, 0.25) is 0 Å². The molecule has 1 aromatic rings. The molecule has 0 saturated heterocycles. The minimum absolute atomic E-state index is 0.0105. The van der Waals surface area contributed by atoms with Crippen LogP contribution in [0.5, 0.6) is 0 Å². The lowest BCUT2D eigenvalue weighted by Crippen LogP contribution is -2.19. The molecule has 2 nitrogen and oxygen atoms in total. The summed E-state index contributed by atoms with van der Waals surface area (Å²) in [4.78, 5) is 11.2. The maximum absolute atomic E-state index is 11.2. The third kappa shape index (κ3) is 2.02. The van der Waals surface area contributed by atoms with Gasteiger partial charge in [0.25, 0.3) is 0 Å². The summed E-state index contributed by atoms with van der Waals surface area (Å²) in [6.45, 7) is 7.61. The Labute approximate surface area is 85.1 Å². The molecule has 0 saturated carbocycles. The second-order valence-corrected chi connectivity index (χ2v) is 3.88. The molecular weight excluding hydrogens is 174 g/mol. The van der Waals surface area contributed by atoms with Gasteiger partial charge < -0.3 is 5.73 Å². The van der Waals surface area contributed by atoms with Crippen LogP contribution in [0.2, 0.25) is 0 Å². The third-order valence-electron chi connectivity index (χ3n) is 2.66. The van der Waals surface area contributed by atoms with Crippen molar-refractivity contribution in [2.45, 2.75) is 33.7 Å². The number of ketones is 1. The number of hydrogen-bond acceptors (Lipinski definition) is 2. The first-order valence-corrected chi connectivity index (χ1v) is 4.77. The second-order valence-electron chi connectivity index (χ2n) is 3.88. The van der Waals surface area contributed by atoms with E-state index in [2.05, 4.69) is 13.0 Å². The number of rotatable bonds is 2. The van der Waals surface area contributed by atoms with E-state index >= 15 is 0 Å². The molecule has 0 aromatic heterocycles. The zero-order valence-electron chi connectivity index (χ0n) is 9.22. The highest BCUT2D eigenvalue weighted by molar-refractivity contribution is 5.83. The normalized spacial score (nSPS) is 12.6. The van der Waals surface area contributed by atoms with E-state index in [4.69, 9.17) is 5.73 Å². The Balaban J connectivity index is 3.22. The molecule has 0 radical (unpaired) electrons. The van der Waals surface area contributed by atoms with E-state index in [0.29, 0.717) is 0 Å². The lowest BCUT2D eigenvalue weighted by atomic mass is 9.94. The number of benzene rings is 1. The fourth-order valence-corrected chi connectivity index (χ4v) is 1.54. The lowest BCUT2D eigenvalue weighted by molar-refractivity contribution is -0.118. The van der Waals surface area contributed by atoms with Crippen molar-refractivity contribution in [3.05, 3.63) is 34.4 Å². The van der Waals surface area contributed by atoms with Gasteiger partial charge in [-0.15, -0.1) is 0 Å². The van der Waals surface area contributed by atoms with Gasteiger partial charge in [0.15, 0.2) is 5.78 Å². The molecule has 0 fully saturated rings. The summed E-state index contributed by atoms with van der Waals surface area (Å²) in [5.41, 5.74) is 10.3. The first-order chi connectivity index (χ1) is 6.43. The first-order valence-electron chi connectivity index (χ1n) is 4.77. The van der Waals surface area contributed by atoms with Crippen LogP contribution in [0.1, 0.15) is 35.2 Å². The second kappa shape index (κ2) is 3.93. The van der Waals surface area contributed by atoms with E-state index in [1.165, 1.54) is 18.1 Å². The first kappa shape index (κ1) is 10.9. The fraction of sp³-hybridized carbons (Fsp3) is 0.417. The summed E-state index contributed by atoms with van der Waals surface area (Å²) in [6, 6.07) is 3.61. The molecule has 0 spiro atoms. The van der Waals surface area contributed by atoms with Crippen molar-refractivity contribution in [1.82, 2.24) is 0 Å². The van der Waals surface area contributed by atoms with Crippen molar-refractivity contribution < 1.29 is 4.79 Å². The highest BCUT2D eigenvalue weighted by atomic mass is 16.1. The van der Waals surface area contributed by atoms with Crippen LogP contribution in [0, 0.1) is 20.8 Å². The Hall–Kier alpha value is -1.15. The Morgan fingerprint density at radius 2 is 1.64 bits per heavy atom. The van der Waals surface area contributed by atoms with E-state index in [1.807, 2.05) is 19.9 Å². The average Bonchev–Trinajstić information content (AvgIpc) is 2.10. The topological polar surface area (TPSA) is 43.1 Å². The van der Waals surface area contributed by atoms with Crippen LogP contribution in [0.3, 0.4) is 0 Å². The van der Waals surface area contributed by atoms with Crippen molar-refractivity contribution >= 4 is 5.78 Å². The Morgan fingerprint density at radius 1 is 1.14 bits per heavy atom. The average molecular weight is 191 g/mol.